The molecule has 0 fully saturated rings. The summed E-state index contributed by atoms with van der Waals surface area (Å²) < 4.78 is 38.9. The minimum atomic E-state index is -4.53. The van der Waals surface area contributed by atoms with Gasteiger partial charge in [-0.15, -0.1) is 0 Å². The van der Waals surface area contributed by atoms with Gasteiger partial charge in [-0.3, -0.25) is 9.78 Å². The number of halogens is 3. The number of carbonyl (C=O) groups is 1. The standard InChI is InChI=1S/C15H16F3N3O2/c1-21-8-2-3-11(21)12(22)6-7-19-14(23)10-4-5-13(20-9-10)15(16,17)18/h2-5,8-9,12,22H,6-7H2,1H3,(H,19,23)/t12-/m0/s1. The molecular formula is C15H16F3N3O2. The highest BCUT2D eigenvalue weighted by Gasteiger charge is 2.32. The molecule has 0 unspecified atom stereocenters. The summed E-state index contributed by atoms with van der Waals surface area (Å²) in [5, 5.41) is 12.5. The lowest BCUT2D eigenvalue weighted by Crippen LogP contribution is -2.26. The van der Waals surface area contributed by atoms with Gasteiger partial charge in [0, 0.05) is 31.7 Å². The van der Waals surface area contributed by atoms with Gasteiger partial charge in [-0.1, -0.05) is 0 Å². The predicted molar refractivity (Wildman–Crippen MR) is 76.6 cm³/mol. The summed E-state index contributed by atoms with van der Waals surface area (Å²) in [6, 6.07) is 5.39. The van der Waals surface area contributed by atoms with Crippen molar-refractivity contribution in [1.82, 2.24) is 14.9 Å². The fourth-order valence-electron chi connectivity index (χ4n) is 2.09. The van der Waals surface area contributed by atoms with Crippen molar-refractivity contribution in [2.45, 2.75) is 18.7 Å². The molecule has 0 saturated heterocycles. The van der Waals surface area contributed by atoms with Crippen LogP contribution >= 0.6 is 0 Å². The molecule has 2 rings (SSSR count). The minimum absolute atomic E-state index is 0.0337. The van der Waals surface area contributed by atoms with Crippen molar-refractivity contribution in [2.75, 3.05) is 6.54 Å². The number of aromatic nitrogens is 2. The van der Waals surface area contributed by atoms with Crippen molar-refractivity contribution in [3.8, 4) is 0 Å². The first-order chi connectivity index (χ1) is 10.8. The maximum absolute atomic E-state index is 12.4. The van der Waals surface area contributed by atoms with Gasteiger partial charge in [0.2, 0.25) is 0 Å². The van der Waals surface area contributed by atoms with Gasteiger partial charge in [0.1, 0.15) is 5.69 Å². The third-order valence-electron chi connectivity index (χ3n) is 3.34. The number of hydrogen-bond acceptors (Lipinski definition) is 3. The van der Waals surface area contributed by atoms with Crippen molar-refractivity contribution in [2.24, 2.45) is 7.05 Å². The van der Waals surface area contributed by atoms with Gasteiger partial charge in [-0.2, -0.15) is 13.2 Å². The fourth-order valence-corrected chi connectivity index (χ4v) is 2.09. The second kappa shape index (κ2) is 6.82. The lowest BCUT2D eigenvalue weighted by molar-refractivity contribution is -0.141. The summed E-state index contributed by atoms with van der Waals surface area (Å²) in [6.45, 7) is 0.187. The number of rotatable bonds is 5. The quantitative estimate of drug-likeness (QED) is 0.885. The lowest BCUT2D eigenvalue weighted by Gasteiger charge is -2.12. The van der Waals surface area contributed by atoms with Crippen LogP contribution in [0.25, 0.3) is 0 Å². The van der Waals surface area contributed by atoms with Crippen LogP contribution in [0.1, 0.15) is 34.3 Å². The van der Waals surface area contributed by atoms with E-state index in [1.54, 1.807) is 29.9 Å². The van der Waals surface area contributed by atoms with Crippen LogP contribution in [0.2, 0.25) is 0 Å². The van der Waals surface area contributed by atoms with Crippen molar-refractivity contribution < 1.29 is 23.1 Å². The van der Waals surface area contributed by atoms with E-state index in [4.69, 9.17) is 0 Å². The van der Waals surface area contributed by atoms with E-state index in [2.05, 4.69) is 10.3 Å². The second-order valence-corrected chi connectivity index (χ2v) is 5.03. The number of aliphatic hydroxyl groups excluding tert-OH is 1. The van der Waals surface area contributed by atoms with Crippen molar-refractivity contribution >= 4 is 5.91 Å². The maximum atomic E-state index is 12.4. The third-order valence-corrected chi connectivity index (χ3v) is 3.34. The molecule has 23 heavy (non-hydrogen) atoms. The topological polar surface area (TPSA) is 67.2 Å². The van der Waals surface area contributed by atoms with Crippen LogP contribution in [-0.4, -0.2) is 27.1 Å². The molecule has 0 aromatic carbocycles. The van der Waals surface area contributed by atoms with Crippen LogP contribution in [0.15, 0.2) is 36.7 Å². The molecule has 5 nitrogen and oxygen atoms in total. The monoisotopic (exact) mass is 327 g/mol. The van der Waals surface area contributed by atoms with Crippen LogP contribution in [0.5, 0.6) is 0 Å². The van der Waals surface area contributed by atoms with Crippen LogP contribution in [0, 0.1) is 0 Å². The van der Waals surface area contributed by atoms with Crippen LogP contribution in [-0.2, 0) is 13.2 Å². The number of nitrogens with zero attached hydrogens (tertiary/aromatic N) is 2. The van der Waals surface area contributed by atoms with Gasteiger partial charge in [0.15, 0.2) is 0 Å². The summed E-state index contributed by atoms with van der Waals surface area (Å²) in [6.07, 6.45) is -2.30. The Morgan fingerprint density at radius 2 is 2.13 bits per heavy atom. The fraction of sp³-hybridized carbons (Fsp3) is 0.333. The van der Waals surface area contributed by atoms with Crippen molar-refractivity contribution in [1.29, 1.82) is 0 Å². The SMILES string of the molecule is Cn1cccc1[C@@H](O)CCNC(=O)c1ccc(C(F)(F)F)nc1. The van der Waals surface area contributed by atoms with Gasteiger partial charge in [0.05, 0.1) is 11.7 Å². The Morgan fingerprint density at radius 3 is 2.65 bits per heavy atom. The molecule has 1 amide bonds. The number of nitrogens with one attached hydrogen (secondary N) is 1. The second-order valence-electron chi connectivity index (χ2n) is 5.03. The summed E-state index contributed by atoms with van der Waals surface area (Å²) in [5.41, 5.74) is -0.296. The molecule has 0 saturated carbocycles. The first kappa shape index (κ1) is 17.0. The molecule has 8 heteroatoms. The highest BCUT2D eigenvalue weighted by molar-refractivity contribution is 5.93. The predicted octanol–water partition coefficient (Wildman–Crippen LogP) is 2.29. The van der Waals surface area contributed by atoms with E-state index >= 15 is 0 Å². The van der Waals surface area contributed by atoms with E-state index in [1.807, 2.05) is 0 Å². The molecule has 0 radical (unpaired) electrons. The number of hydrogen-bond donors (Lipinski definition) is 2. The molecule has 2 aromatic rings. The molecule has 1 atom stereocenters. The molecule has 0 bridgehead atoms. The first-order valence-corrected chi connectivity index (χ1v) is 6.90. The Bertz CT molecular complexity index is 665. The van der Waals surface area contributed by atoms with E-state index in [1.165, 1.54) is 0 Å². The van der Waals surface area contributed by atoms with Gasteiger partial charge < -0.3 is 15.0 Å². The summed E-state index contributed by atoms with van der Waals surface area (Å²) >= 11 is 0. The molecule has 2 aromatic heterocycles. The molecule has 2 heterocycles. The van der Waals surface area contributed by atoms with Crippen LogP contribution < -0.4 is 5.32 Å². The molecule has 2 N–H and O–H groups in total. The van der Waals surface area contributed by atoms with Gasteiger partial charge in [-0.25, -0.2) is 0 Å². The summed E-state index contributed by atoms with van der Waals surface area (Å²) in [5.74, 6) is -0.537. The Kier molecular flexibility index (Phi) is 5.05. The van der Waals surface area contributed by atoms with Gasteiger partial charge in [-0.05, 0) is 30.7 Å². The van der Waals surface area contributed by atoms with E-state index in [0.717, 1.165) is 24.0 Å². The first-order valence-electron chi connectivity index (χ1n) is 6.90. The average molecular weight is 327 g/mol. The number of aliphatic hydroxyl groups is 1. The lowest BCUT2D eigenvalue weighted by atomic mass is 10.2. The number of pyridine rings is 1. The molecule has 0 aliphatic heterocycles. The Hall–Kier alpha value is -2.35. The zero-order valence-electron chi connectivity index (χ0n) is 12.3. The highest BCUT2D eigenvalue weighted by atomic mass is 19.4. The average Bonchev–Trinajstić information content (AvgIpc) is 2.92. The van der Waals surface area contributed by atoms with Crippen LogP contribution in [0.3, 0.4) is 0 Å². The summed E-state index contributed by atoms with van der Waals surface area (Å²) in [4.78, 5) is 15.0. The summed E-state index contributed by atoms with van der Waals surface area (Å²) in [7, 11) is 1.80. The highest BCUT2D eigenvalue weighted by Crippen LogP contribution is 2.27. The smallest absolute Gasteiger partial charge is 0.387 e. The molecule has 0 aliphatic carbocycles. The van der Waals surface area contributed by atoms with Crippen molar-refractivity contribution in [3.63, 3.8) is 0 Å². The Morgan fingerprint density at radius 1 is 1.39 bits per heavy atom. The van der Waals surface area contributed by atoms with E-state index < -0.39 is 23.9 Å². The molecule has 0 spiro atoms. The number of alkyl halides is 3. The van der Waals surface area contributed by atoms with E-state index in [-0.39, 0.29) is 18.5 Å². The van der Waals surface area contributed by atoms with Crippen molar-refractivity contribution in [3.05, 3.63) is 53.6 Å². The largest absolute Gasteiger partial charge is 0.433 e. The van der Waals surface area contributed by atoms with Crippen LogP contribution in [0.4, 0.5) is 13.2 Å². The molecular weight excluding hydrogens is 311 g/mol. The maximum Gasteiger partial charge on any atom is 0.433 e. The number of aryl methyl sites for hydroxylation is 1. The van der Waals surface area contributed by atoms with E-state index in [9.17, 15) is 23.1 Å². The van der Waals surface area contributed by atoms with Gasteiger partial charge in [0.25, 0.3) is 5.91 Å². The zero-order valence-corrected chi connectivity index (χ0v) is 12.3. The zero-order chi connectivity index (χ0) is 17.0. The van der Waals surface area contributed by atoms with E-state index in [0.29, 0.717) is 0 Å². The molecule has 124 valence electrons. The molecule has 0 aliphatic rings. The Labute approximate surface area is 130 Å². The van der Waals surface area contributed by atoms with Gasteiger partial charge >= 0.3 is 6.18 Å². The Balaban J connectivity index is 1.86. The number of carbonyl (C=O) groups excluding carboxylic acids is 1. The normalized spacial score (nSPS) is 12.9. The minimum Gasteiger partial charge on any atom is -0.387 e. The third kappa shape index (κ3) is 4.32. The number of amides is 1.